The number of halogens is 1. The molecule has 0 bridgehead atoms. The van der Waals surface area contributed by atoms with E-state index in [9.17, 15) is 0 Å². The van der Waals surface area contributed by atoms with Gasteiger partial charge in [-0.3, -0.25) is 0 Å². The Bertz CT molecular complexity index is 168. The number of methoxy groups -OCH3 is 1. The molecule has 0 spiro atoms. The third-order valence-electron chi connectivity index (χ3n) is 2.09. The van der Waals surface area contributed by atoms with Crippen molar-refractivity contribution in [2.45, 2.75) is 19.4 Å². The zero-order valence-electron chi connectivity index (χ0n) is 8.08. The second-order valence-electron chi connectivity index (χ2n) is 2.93. The fourth-order valence-corrected chi connectivity index (χ4v) is 1.68. The average molecular weight is 225 g/mol. The van der Waals surface area contributed by atoms with Crippen LogP contribution >= 0.6 is 24.6 Å². The molecule has 1 aliphatic rings. The molecule has 1 rings (SSSR count). The summed E-state index contributed by atoms with van der Waals surface area (Å²) in [5.41, 5.74) is 0. The zero-order valence-corrected chi connectivity index (χ0v) is 9.71. The lowest BCUT2D eigenvalue weighted by molar-refractivity contribution is 0.114. The Morgan fingerprint density at radius 2 is 2.38 bits per heavy atom. The van der Waals surface area contributed by atoms with E-state index in [1.807, 2.05) is 0 Å². The molecule has 0 aliphatic carbocycles. The predicted octanol–water partition coefficient (Wildman–Crippen LogP) is 1.02. The summed E-state index contributed by atoms with van der Waals surface area (Å²) >= 11 is 5.17. The molecule has 0 aromatic carbocycles. The van der Waals surface area contributed by atoms with E-state index < -0.39 is 0 Å². The number of ether oxygens (including phenoxy) is 1. The molecule has 1 fully saturated rings. The highest BCUT2D eigenvalue weighted by molar-refractivity contribution is 7.80. The van der Waals surface area contributed by atoms with Crippen molar-refractivity contribution in [3.63, 3.8) is 0 Å². The van der Waals surface area contributed by atoms with Gasteiger partial charge in [0.25, 0.3) is 0 Å². The fraction of sp³-hybridized carbons (Fsp3) is 0.875. The first-order chi connectivity index (χ1) is 5.77. The molecule has 0 amide bonds. The van der Waals surface area contributed by atoms with Crippen LogP contribution in [0.4, 0.5) is 0 Å². The summed E-state index contributed by atoms with van der Waals surface area (Å²) in [4.78, 5) is 2.16. The summed E-state index contributed by atoms with van der Waals surface area (Å²) in [5.74, 6) is 0. The van der Waals surface area contributed by atoms with Crippen LogP contribution in [-0.4, -0.2) is 42.9 Å². The lowest BCUT2D eigenvalue weighted by Crippen LogP contribution is -2.38. The molecule has 1 heterocycles. The van der Waals surface area contributed by atoms with Gasteiger partial charge in [0.2, 0.25) is 0 Å². The monoisotopic (exact) mass is 224 g/mol. The van der Waals surface area contributed by atoms with Gasteiger partial charge in [-0.1, -0.05) is 0 Å². The van der Waals surface area contributed by atoms with Crippen molar-refractivity contribution in [1.29, 1.82) is 0 Å². The summed E-state index contributed by atoms with van der Waals surface area (Å²) < 4.78 is 5.24. The maximum absolute atomic E-state index is 5.24. The predicted molar refractivity (Wildman–Crippen MR) is 60.5 cm³/mol. The average Bonchev–Trinajstić information content (AvgIpc) is 2.52. The molecule has 0 aromatic rings. The number of nitrogens with one attached hydrogen (secondary N) is 1. The van der Waals surface area contributed by atoms with Crippen LogP contribution in [0.2, 0.25) is 0 Å². The van der Waals surface area contributed by atoms with E-state index in [0.29, 0.717) is 6.10 Å². The van der Waals surface area contributed by atoms with Gasteiger partial charge < -0.3 is 15.0 Å². The molecule has 0 unspecified atom stereocenters. The van der Waals surface area contributed by atoms with Crippen LogP contribution in [0, 0.1) is 0 Å². The van der Waals surface area contributed by atoms with Gasteiger partial charge in [0.05, 0.1) is 6.10 Å². The molecule has 78 valence electrons. The number of thiocarbonyl (C=S) groups is 1. The van der Waals surface area contributed by atoms with Crippen molar-refractivity contribution in [3.05, 3.63) is 0 Å². The summed E-state index contributed by atoms with van der Waals surface area (Å²) in [6, 6.07) is 0. The topological polar surface area (TPSA) is 24.5 Å². The van der Waals surface area contributed by atoms with E-state index in [2.05, 4.69) is 17.1 Å². The molecule has 0 aromatic heterocycles. The van der Waals surface area contributed by atoms with E-state index >= 15 is 0 Å². The van der Waals surface area contributed by atoms with E-state index in [-0.39, 0.29) is 12.4 Å². The smallest absolute Gasteiger partial charge is 0.169 e. The van der Waals surface area contributed by atoms with Gasteiger partial charge in [-0.2, -0.15) is 0 Å². The maximum Gasteiger partial charge on any atom is 0.169 e. The van der Waals surface area contributed by atoms with Gasteiger partial charge >= 0.3 is 0 Å². The first kappa shape index (κ1) is 12.9. The first-order valence-electron chi connectivity index (χ1n) is 4.33. The summed E-state index contributed by atoms with van der Waals surface area (Å²) in [7, 11) is 1.75. The van der Waals surface area contributed by atoms with Gasteiger partial charge in [-0.25, -0.2) is 0 Å². The Hall–Kier alpha value is -0.0600. The molecule has 1 atom stereocenters. The van der Waals surface area contributed by atoms with Crippen molar-refractivity contribution < 1.29 is 4.74 Å². The lowest BCUT2D eigenvalue weighted by Gasteiger charge is -2.19. The SMILES string of the molecule is CCNC(=S)N1CC[C@@H](OC)C1.Cl. The van der Waals surface area contributed by atoms with E-state index in [1.165, 1.54) is 0 Å². The van der Waals surface area contributed by atoms with Crippen LogP contribution < -0.4 is 5.32 Å². The quantitative estimate of drug-likeness (QED) is 0.709. The van der Waals surface area contributed by atoms with Crippen molar-refractivity contribution >= 4 is 29.7 Å². The molecule has 1 saturated heterocycles. The van der Waals surface area contributed by atoms with Gasteiger partial charge in [0, 0.05) is 26.7 Å². The van der Waals surface area contributed by atoms with E-state index in [0.717, 1.165) is 31.2 Å². The minimum Gasteiger partial charge on any atom is -0.380 e. The molecular weight excluding hydrogens is 208 g/mol. The minimum atomic E-state index is 0. The summed E-state index contributed by atoms with van der Waals surface area (Å²) in [6.07, 6.45) is 1.45. The van der Waals surface area contributed by atoms with Crippen LogP contribution in [-0.2, 0) is 4.74 Å². The molecule has 13 heavy (non-hydrogen) atoms. The molecule has 0 saturated carbocycles. The number of likely N-dealkylation sites (tertiary alicyclic amines) is 1. The molecule has 3 nitrogen and oxygen atoms in total. The Morgan fingerprint density at radius 1 is 1.69 bits per heavy atom. The fourth-order valence-electron chi connectivity index (χ4n) is 1.37. The highest BCUT2D eigenvalue weighted by Crippen LogP contribution is 2.11. The third kappa shape index (κ3) is 3.67. The zero-order chi connectivity index (χ0) is 8.97. The van der Waals surface area contributed by atoms with Crippen LogP contribution in [0.15, 0.2) is 0 Å². The molecule has 5 heteroatoms. The highest BCUT2D eigenvalue weighted by atomic mass is 35.5. The normalized spacial score (nSPS) is 21.1. The van der Waals surface area contributed by atoms with E-state index in [4.69, 9.17) is 17.0 Å². The second-order valence-corrected chi connectivity index (χ2v) is 3.31. The number of hydrogen-bond donors (Lipinski definition) is 1. The Morgan fingerprint density at radius 3 is 2.85 bits per heavy atom. The molecule has 1 N–H and O–H groups in total. The number of hydrogen-bond acceptors (Lipinski definition) is 2. The molecule has 1 aliphatic heterocycles. The first-order valence-corrected chi connectivity index (χ1v) is 4.74. The minimum absolute atomic E-state index is 0. The Kier molecular flexibility index (Phi) is 6.37. The second kappa shape index (κ2) is 6.40. The highest BCUT2D eigenvalue weighted by Gasteiger charge is 2.23. The van der Waals surface area contributed by atoms with Gasteiger partial charge in [-0.05, 0) is 25.6 Å². The molecular formula is C8H17ClN2OS. The van der Waals surface area contributed by atoms with Crippen molar-refractivity contribution in [3.8, 4) is 0 Å². The van der Waals surface area contributed by atoms with Crippen LogP contribution in [0.1, 0.15) is 13.3 Å². The van der Waals surface area contributed by atoms with Gasteiger partial charge in [0.15, 0.2) is 5.11 Å². The Labute approximate surface area is 91.2 Å². The van der Waals surface area contributed by atoms with Crippen LogP contribution in [0.3, 0.4) is 0 Å². The van der Waals surface area contributed by atoms with Crippen molar-refractivity contribution in [2.24, 2.45) is 0 Å². The summed E-state index contributed by atoms with van der Waals surface area (Å²) in [5, 5.41) is 3.99. The van der Waals surface area contributed by atoms with E-state index in [1.54, 1.807) is 7.11 Å². The largest absolute Gasteiger partial charge is 0.380 e. The maximum atomic E-state index is 5.24. The van der Waals surface area contributed by atoms with Crippen molar-refractivity contribution in [1.82, 2.24) is 10.2 Å². The number of rotatable bonds is 2. The molecule has 0 radical (unpaired) electrons. The lowest BCUT2D eigenvalue weighted by atomic mass is 10.3. The standard InChI is InChI=1S/C8H16N2OS.ClH/c1-3-9-8(12)10-5-4-7(6-10)11-2;/h7H,3-6H2,1-2H3,(H,9,12);1H/t7-;/m1./s1. The third-order valence-corrected chi connectivity index (χ3v) is 2.50. The van der Waals surface area contributed by atoms with Gasteiger partial charge in [0.1, 0.15) is 0 Å². The van der Waals surface area contributed by atoms with Crippen LogP contribution in [0.25, 0.3) is 0 Å². The van der Waals surface area contributed by atoms with Gasteiger partial charge in [-0.15, -0.1) is 12.4 Å². The van der Waals surface area contributed by atoms with Crippen LogP contribution in [0.5, 0.6) is 0 Å². The Balaban J connectivity index is 0.00000144. The number of nitrogens with zero attached hydrogens (tertiary/aromatic N) is 1. The van der Waals surface area contributed by atoms with Crippen molar-refractivity contribution in [2.75, 3.05) is 26.7 Å². The summed E-state index contributed by atoms with van der Waals surface area (Å²) in [6.45, 7) is 4.90.